The molecule has 0 unspecified atom stereocenters. The molecule has 0 atom stereocenters. The molecule has 0 amide bonds. The second-order valence-corrected chi connectivity index (χ2v) is 8.52. The van der Waals surface area contributed by atoms with Crippen LogP contribution in [0.25, 0.3) is 11.6 Å². The van der Waals surface area contributed by atoms with Crippen LogP contribution in [-0.4, -0.2) is 32.9 Å². The standard InChI is InChI=1S/C22H23N3O3S/c26-18(15-8-9-19-16(13-15)10-12-28-19)14-29-22-24-23-21(20-7-4-11-27-20)25(22)17-5-2-1-3-6-17/h4,7-9,11,13,17H,1-3,5-6,10,12,14H2. The Morgan fingerprint density at radius 2 is 2.07 bits per heavy atom. The van der Waals surface area contributed by atoms with Crippen molar-refractivity contribution in [3.63, 3.8) is 0 Å². The molecule has 0 radical (unpaired) electrons. The van der Waals surface area contributed by atoms with Crippen LogP contribution in [0.4, 0.5) is 0 Å². The van der Waals surface area contributed by atoms with Crippen LogP contribution < -0.4 is 4.74 Å². The van der Waals surface area contributed by atoms with E-state index < -0.39 is 0 Å². The normalized spacial score (nSPS) is 16.6. The average molecular weight is 410 g/mol. The summed E-state index contributed by atoms with van der Waals surface area (Å²) < 4.78 is 13.3. The van der Waals surface area contributed by atoms with E-state index in [1.54, 1.807) is 6.26 Å². The molecular formula is C22H23N3O3S. The minimum Gasteiger partial charge on any atom is -0.493 e. The Morgan fingerprint density at radius 3 is 2.90 bits per heavy atom. The van der Waals surface area contributed by atoms with Crippen LogP contribution in [0.3, 0.4) is 0 Å². The topological polar surface area (TPSA) is 70.2 Å². The van der Waals surface area contributed by atoms with Gasteiger partial charge in [-0.1, -0.05) is 31.0 Å². The summed E-state index contributed by atoms with van der Waals surface area (Å²) in [4.78, 5) is 12.8. The van der Waals surface area contributed by atoms with Gasteiger partial charge < -0.3 is 9.15 Å². The quantitative estimate of drug-likeness (QED) is 0.424. The number of hydrogen-bond donors (Lipinski definition) is 0. The summed E-state index contributed by atoms with van der Waals surface area (Å²) in [7, 11) is 0. The first kappa shape index (κ1) is 18.5. The van der Waals surface area contributed by atoms with E-state index in [0.29, 0.717) is 18.4 Å². The highest BCUT2D eigenvalue weighted by atomic mass is 32.2. The van der Waals surface area contributed by atoms with Crippen LogP contribution in [0, 0.1) is 0 Å². The van der Waals surface area contributed by atoms with E-state index >= 15 is 0 Å². The number of hydrogen-bond acceptors (Lipinski definition) is 6. The third-order valence-corrected chi connectivity index (χ3v) is 6.63. The van der Waals surface area contributed by atoms with Crippen molar-refractivity contribution >= 4 is 17.5 Å². The maximum absolute atomic E-state index is 12.8. The lowest BCUT2D eigenvalue weighted by Crippen LogP contribution is -2.15. The van der Waals surface area contributed by atoms with E-state index in [-0.39, 0.29) is 5.78 Å². The fraction of sp³-hybridized carbons (Fsp3) is 0.409. The Balaban J connectivity index is 1.37. The van der Waals surface area contributed by atoms with Crippen molar-refractivity contribution in [2.45, 2.75) is 49.7 Å². The zero-order chi connectivity index (χ0) is 19.6. The summed E-state index contributed by atoms with van der Waals surface area (Å²) in [6.45, 7) is 0.696. The number of fused-ring (bicyclic) bond motifs is 1. The van der Waals surface area contributed by atoms with Gasteiger partial charge in [0, 0.05) is 18.0 Å². The lowest BCUT2D eigenvalue weighted by molar-refractivity contribution is 0.102. The fourth-order valence-corrected chi connectivity index (χ4v) is 5.09. The van der Waals surface area contributed by atoms with Crippen molar-refractivity contribution in [2.75, 3.05) is 12.4 Å². The number of ketones is 1. The maximum atomic E-state index is 12.8. The monoisotopic (exact) mass is 409 g/mol. The Hall–Kier alpha value is -2.54. The summed E-state index contributed by atoms with van der Waals surface area (Å²) in [5, 5.41) is 9.61. The van der Waals surface area contributed by atoms with E-state index in [4.69, 9.17) is 9.15 Å². The van der Waals surface area contributed by atoms with Crippen LogP contribution in [0.15, 0.2) is 46.2 Å². The molecule has 3 aromatic rings. The molecule has 1 fully saturated rings. The molecule has 0 bridgehead atoms. The number of thioether (sulfide) groups is 1. The van der Waals surface area contributed by atoms with E-state index in [9.17, 15) is 4.79 Å². The van der Waals surface area contributed by atoms with Crippen LogP contribution in [-0.2, 0) is 6.42 Å². The highest BCUT2D eigenvalue weighted by Gasteiger charge is 2.25. The summed E-state index contributed by atoms with van der Waals surface area (Å²) in [5.74, 6) is 2.81. The average Bonchev–Trinajstić information content (AvgIpc) is 3.52. The Labute approximate surface area is 173 Å². The van der Waals surface area contributed by atoms with Gasteiger partial charge in [-0.3, -0.25) is 9.36 Å². The number of benzene rings is 1. The van der Waals surface area contributed by atoms with Crippen molar-refractivity contribution in [1.82, 2.24) is 14.8 Å². The smallest absolute Gasteiger partial charge is 0.200 e. The van der Waals surface area contributed by atoms with Crippen molar-refractivity contribution in [2.24, 2.45) is 0 Å². The molecule has 3 heterocycles. The van der Waals surface area contributed by atoms with E-state index in [2.05, 4.69) is 14.8 Å². The molecule has 2 aromatic heterocycles. The first-order valence-corrected chi connectivity index (χ1v) is 11.2. The Bertz CT molecular complexity index is 1010. The number of ether oxygens (including phenoxy) is 1. The molecule has 29 heavy (non-hydrogen) atoms. The van der Waals surface area contributed by atoms with Gasteiger partial charge in [0.25, 0.3) is 0 Å². The molecule has 1 aromatic carbocycles. The number of carbonyl (C=O) groups excluding carboxylic acids is 1. The van der Waals surface area contributed by atoms with Gasteiger partial charge in [-0.25, -0.2) is 0 Å². The van der Waals surface area contributed by atoms with Crippen molar-refractivity contribution in [3.8, 4) is 17.3 Å². The summed E-state index contributed by atoms with van der Waals surface area (Å²) in [5.41, 5.74) is 1.85. The molecule has 5 rings (SSSR count). The number of aromatic nitrogens is 3. The van der Waals surface area contributed by atoms with Crippen molar-refractivity contribution in [1.29, 1.82) is 0 Å². The fourth-order valence-electron chi connectivity index (χ4n) is 4.19. The van der Waals surface area contributed by atoms with Gasteiger partial charge in [-0.2, -0.15) is 0 Å². The summed E-state index contributed by atoms with van der Waals surface area (Å²) in [6.07, 6.45) is 8.43. The summed E-state index contributed by atoms with van der Waals surface area (Å²) in [6, 6.07) is 9.85. The Kier molecular flexibility index (Phi) is 5.14. The molecule has 7 heteroatoms. The lowest BCUT2D eigenvalue weighted by atomic mass is 9.95. The van der Waals surface area contributed by atoms with Gasteiger partial charge in [0.1, 0.15) is 5.75 Å². The van der Waals surface area contributed by atoms with Crippen LogP contribution >= 0.6 is 11.8 Å². The molecule has 0 N–H and O–H groups in total. The number of nitrogens with zero attached hydrogens (tertiary/aromatic N) is 3. The Morgan fingerprint density at radius 1 is 1.17 bits per heavy atom. The largest absolute Gasteiger partial charge is 0.493 e. The summed E-state index contributed by atoms with van der Waals surface area (Å²) >= 11 is 1.46. The van der Waals surface area contributed by atoms with Gasteiger partial charge in [0.2, 0.25) is 5.82 Å². The molecule has 1 aliphatic heterocycles. The second kappa shape index (κ2) is 8.06. The van der Waals surface area contributed by atoms with Crippen LogP contribution in [0.2, 0.25) is 0 Å². The zero-order valence-electron chi connectivity index (χ0n) is 16.2. The maximum Gasteiger partial charge on any atom is 0.200 e. The molecule has 6 nitrogen and oxygen atoms in total. The predicted octanol–water partition coefficient (Wildman–Crippen LogP) is 4.95. The van der Waals surface area contributed by atoms with E-state index in [1.165, 1.54) is 31.0 Å². The number of rotatable bonds is 6. The van der Waals surface area contributed by atoms with E-state index in [0.717, 1.165) is 52.9 Å². The zero-order valence-corrected chi connectivity index (χ0v) is 17.0. The molecule has 150 valence electrons. The molecule has 1 aliphatic carbocycles. The lowest BCUT2D eigenvalue weighted by Gasteiger charge is -2.25. The van der Waals surface area contributed by atoms with Crippen molar-refractivity contribution in [3.05, 3.63) is 47.7 Å². The van der Waals surface area contributed by atoms with Gasteiger partial charge in [0.05, 0.1) is 18.6 Å². The molecule has 0 saturated heterocycles. The van der Waals surface area contributed by atoms with Gasteiger partial charge >= 0.3 is 0 Å². The second-order valence-electron chi connectivity index (χ2n) is 7.58. The highest BCUT2D eigenvalue weighted by molar-refractivity contribution is 7.99. The van der Waals surface area contributed by atoms with E-state index in [1.807, 2.05) is 30.3 Å². The first-order valence-electron chi connectivity index (χ1n) is 10.2. The molecular weight excluding hydrogens is 386 g/mol. The molecule has 1 saturated carbocycles. The van der Waals surface area contributed by atoms with Gasteiger partial charge in [0.15, 0.2) is 16.7 Å². The first-order chi connectivity index (χ1) is 14.3. The van der Waals surface area contributed by atoms with Gasteiger partial charge in [-0.15, -0.1) is 10.2 Å². The minimum absolute atomic E-state index is 0.0995. The van der Waals surface area contributed by atoms with Crippen molar-refractivity contribution < 1.29 is 13.9 Å². The molecule has 2 aliphatic rings. The predicted molar refractivity (Wildman–Crippen MR) is 111 cm³/mol. The number of furan rings is 1. The third kappa shape index (κ3) is 3.71. The number of carbonyl (C=O) groups is 1. The molecule has 0 spiro atoms. The number of Topliss-reactive ketones (excluding diaryl/α,β-unsaturated/α-hetero) is 1. The third-order valence-electron chi connectivity index (χ3n) is 5.69. The minimum atomic E-state index is 0.0995. The van der Waals surface area contributed by atoms with Crippen LogP contribution in [0.1, 0.15) is 54.1 Å². The van der Waals surface area contributed by atoms with Gasteiger partial charge in [-0.05, 0) is 48.7 Å². The SMILES string of the molecule is O=C(CSc1nnc(-c2ccco2)n1C1CCCCC1)c1ccc2c(c1)CCO2. The van der Waals surface area contributed by atoms with Crippen LogP contribution in [0.5, 0.6) is 5.75 Å². The highest BCUT2D eigenvalue weighted by Crippen LogP contribution is 2.36.